The molecule has 2 heteroatoms. The van der Waals surface area contributed by atoms with Crippen LogP contribution < -0.4 is 4.90 Å². The first-order valence-electron chi connectivity index (χ1n) is 5.90. The van der Waals surface area contributed by atoms with E-state index in [9.17, 15) is 4.79 Å². The van der Waals surface area contributed by atoms with Crippen LogP contribution in [0.5, 0.6) is 0 Å². The third kappa shape index (κ3) is 3.09. The van der Waals surface area contributed by atoms with Gasteiger partial charge in [-0.15, -0.1) is 0 Å². The van der Waals surface area contributed by atoms with Crippen molar-refractivity contribution < 1.29 is 4.79 Å². The summed E-state index contributed by atoms with van der Waals surface area (Å²) in [5.41, 5.74) is 2.16. The zero-order valence-electron chi connectivity index (χ0n) is 10.7. The number of rotatable bonds is 4. The molecule has 0 saturated carbocycles. The molecule has 0 aliphatic heterocycles. The number of hydrogen-bond donors (Lipinski definition) is 0. The van der Waals surface area contributed by atoms with Gasteiger partial charge in [-0.25, -0.2) is 0 Å². The van der Waals surface area contributed by atoms with E-state index in [4.69, 9.17) is 0 Å². The summed E-state index contributed by atoms with van der Waals surface area (Å²) in [6.07, 6.45) is 2.00. The lowest BCUT2D eigenvalue weighted by Crippen LogP contribution is -2.31. The van der Waals surface area contributed by atoms with Gasteiger partial charge in [0.25, 0.3) is 0 Å². The van der Waals surface area contributed by atoms with Crippen molar-refractivity contribution in [3.8, 4) is 0 Å². The average molecular weight is 219 g/mol. The van der Waals surface area contributed by atoms with Crippen molar-refractivity contribution >= 4 is 11.6 Å². The van der Waals surface area contributed by atoms with E-state index >= 15 is 0 Å². The van der Waals surface area contributed by atoms with Crippen molar-refractivity contribution in [3.05, 3.63) is 29.8 Å². The first-order valence-corrected chi connectivity index (χ1v) is 5.90. The Hall–Kier alpha value is -1.31. The maximum Gasteiger partial charge on any atom is 0.229 e. The molecule has 1 unspecified atom stereocenters. The van der Waals surface area contributed by atoms with Gasteiger partial charge in [0, 0.05) is 18.7 Å². The highest BCUT2D eigenvalue weighted by atomic mass is 16.2. The van der Waals surface area contributed by atoms with E-state index in [-0.39, 0.29) is 11.8 Å². The molecule has 1 atom stereocenters. The van der Waals surface area contributed by atoms with Crippen LogP contribution in [0.2, 0.25) is 0 Å². The number of nitrogens with zero attached hydrogens (tertiary/aromatic N) is 1. The largest absolute Gasteiger partial charge is 0.315 e. The molecule has 0 radical (unpaired) electrons. The normalized spacial score (nSPS) is 12.2. The van der Waals surface area contributed by atoms with Gasteiger partial charge >= 0.3 is 0 Å². The summed E-state index contributed by atoms with van der Waals surface area (Å²) in [6, 6.07) is 8.04. The van der Waals surface area contributed by atoms with Crippen LogP contribution in [0.25, 0.3) is 0 Å². The Labute approximate surface area is 98.3 Å². The Morgan fingerprint density at radius 2 is 2.12 bits per heavy atom. The minimum atomic E-state index is 0.107. The Kier molecular flexibility index (Phi) is 4.53. The quantitative estimate of drug-likeness (QED) is 0.760. The lowest BCUT2D eigenvalue weighted by atomic mass is 10.0. The third-order valence-corrected chi connectivity index (χ3v) is 2.86. The first-order chi connectivity index (χ1) is 7.56. The van der Waals surface area contributed by atoms with Crippen LogP contribution in [0.1, 0.15) is 32.3 Å². The first kappa shape index (κ1) is 12.8. The molecule has 0 aliphatic rings. The maximum absolute atomic E-state index is 12.1. The van der Waals surface area contributed by atoms with E-state index in [1.54, 1.807) is 4.90 Å². The van der Waals surface area contributed by atoms with E-state index in [0.717, 1.165) is 18.5 Å². The molecule has 0 N–H and O–H groups in total. The molecule has 16 heavy (non-hydrogen) atoms. The van der Waals surface area contributed by atoms with Crippen molar-refractivity contribution in [1.29, 1.82) is 0 Å². The summed E-state index contributed by atoms with van der Waals surface area (Å²) >= 11 is 0. The van der Waals surface area contributed by atoms with E-state index in [0.29, 0.717) is 0 Å². The van der Waals surface area contributed by atoms with E-state index < -0.39 is 0 Å². The molecule has 0 aliphatic carbocycles. The zero-order valence-corrected chi connectivity index (χ0v) is 10.7. The van der Waals surface area contributed by atoms with Crippen molar-refractivity contribution in [3.63, 3.8) is 0 Å². The highest BCUT2D eigenvalue weighted by Crippen LogP contribution is 2.18. The molecular formula is C14H21NO. The standard InChI is InChI=1S/C14H21NO/c1-5-7-12(3)14(16)15(4)13-9-6-8-11(2)10-13/h6,8-10,12H,5,7H2,1-4H3. The molecule has 1 rings (SSSR count). The molecule has 0 aromatic heterocycles. The third-order valence-electron chi connectivity index (χ3n) is 2.86. The Morgan fingerprint density at radius 3 is 2.69 bits per heavy atom. The summed E-state index contributed by atoms with van der Waals surface area (Å²) in [4.78, 5) is 13.8. The second-order valence-corrected chi connectivity index (χ2v) is 4.43. The molecule has 88 valence electrons. The molecule has 0 saturated heterocycles. The fourth-order valence-electron chi connectivity index (χ4n) is 1.85. The smallest absolute Gasteiger partial charge is 0.229 e. The van der Waals surface area contributed by atoms with Gasteiger partial charge in [0.1, 0.15) is 0 Å². The van der Waals surface area contributed by atoms with Gasteiger partial charge in [-0.05, 0) is 31.0 Å². The summed E-state index contributed by atoms with van der Waals surface area (Å²) in [5.74, 6) is 0.308. The van der Waals surface area contributed by atoms with Crippen LogP contribution in [0.4, 0.5) is 5.69 Å². The lowest BCUT2D eigenvalue weighted by Gasteiger charge is -2.21. The minimum Gasteiger partial charge on any atom is -0.315 e. The van der Waals surface area contributed by atoms with Crippen molar-refractivity contribution in [2.75, 3.05) is 11.9 Å². The van der Waals surface area contributed by atoms with Gasteiger partial charge in [0.15, 0.2) is 0 Å². The SMILES string of the molecule is CCCC(C)C(=O)N(C)c1cccc(C)c1. The zero-order chi connectivity index (χ0) is 12.1. The number of amides is 1. The molecule has 0 fully saturated rings. The van der Waals surface area contributed by atoms with E-state index in [1.165, 1.54) is 5.56 Å². The topological polar surface area (TPSA) is 20.3 Å². The van der Waals surface area contributed by atoms with Gasteiger partial charge in [-0.1, -0.05) is 32.4 Å². The van der Waals surface area contributed by atoms with Gasteiger partial charge < -0.3 is 4.90 Å². The molecule has 0 bridgehead atoms. The summed E-state index contributed by atoms with van der Waals surface area (Å²) in [5, 5.41) is 0. The summed E-state index contributed by atoms with van der Waals surface area (Å²) in [7, 11) is 1.85. The maximum atomic E-state index is 12.1. The molecule has 1 amide bonds. The van der Waals surface area contributed by atoms with Crippen molar-refractivity contribution in [2.45, 2.75) is 33.6 Å². The Bertz CT molecular complexity index is 360. The number of aryl methyl sites for hydroxylation is 1. The number of benzene rings is 1. The predicted octanol–water partition coefficient (Wildman–Crippen LogP) is 3.39. The number of anilines is 1. The average Bonchev–Trinajstić information content (AvgIpc) is 2.27. The van der Waals surface area contributed by atoms with E-state index in [1.807, 2.05) is 45.2 Å². The summed E-state index contributed by atoms with van der Waals surface area (Å²) in [6.45, 7) is 6.14. The monoisotopic (exact) mass is 219 g/mol. The number of carbonyl (C=O) groups is 1. The van der Waals surface area contributed by atoms with Crippen LogP contribution in [-0.4, -0.2) is 13.0 Å². The van der Waals surface area contributed by atoms with Gasteiger partial charge in [-0.3, -0.25) is 4.79 Å². The van der Waals surface area contributed by atoms with Crippen LogP contribution in [-0.2, 0) is 4.79 Å². The fourth-order valence-corrected chi connectivity index (χ4v) is 1.85. The lowest BCUT2D eigenvalue weighted by molar-refractivity contribution is -0.121. The van der Waals surface area contributed by atoms with Gasteiger partial charge in [0.2, 0.25) is 5.91 Å². The molecule has 1 aromatic carbocycles. The minimum absolute atomic E-state index is 0.107. The highest BCUT2D eigenvalue weighted by Gasteiger charge is 2.17. The highest BCUT2D eigenvalue weighted by molar-refractivity contribution is 5.94. The molecule has 1 aromatic rings. The van der Waals surface area contributed by atoms with Crippen molar-refractivity contribution in [2.24, 2.45) is 5.92 Å². The second kappa shape index (κ2) is 5.69. The van der Waals surface area contributed by atoms with Gasteiger partial charge in [0.05, 0.1) is 0 Å². The van der Waals surface area contributed by atoms with Crippen LogP contribution in [0.3, 0.4) is 0 Å². The second-order valence-electron chi connectivity index (χ2n) is 4.43. The molecule has 0 heterocycles. The predicted molar refractivity (Wildman–Crippen MR) is 68.7 cm³/mol. The van der Waals surface area contributed by atoms with Crippen LogP contribution in [0.15, 0.2) is 24.3 Å². The molecular weight excluding hydrogens is 198 g/mol. The van der Waals surface area contributed by atoms with Crippen LogP contribution in [0, 0.1) is 12.8 Å². The molecule has 2 nitrogen and oxygen atoms in total. The Balaban J connectivity index is 2.77. The number of carbonyl (C=O) groups excluding carboxylic acids is 1. The fraction of sp³-hybridized carbons (Fsp3) is 0.500. The van der Waals surface area contributed by atoms with Gasteiger partial charge in [-0.2, -0.15) is 0 Å². The number of hydrogen-bond acceptors (Lipinski definition) is 1. The van der Waals surface area contributed by atoms with Crippen molar-refractivity contribution in [1.82, 2.24) is 0 Å². The summed E-state index contributed by atoms with van der Waals surface area (Å²) < 4.78 is 0. The molecule has 0 spiro atoms. The van der Waals surface area contributed by atoms with E-state index in [2.05, 4.69) is 6.92 Å². The van der Waals surface area contributed by atoms with Crippen LogP contribution >= 0.6 is 0 Å². The Morgan fingerprint density at radius 1 is 1.44 bits per heavy atom.